The molecule has 0 fully saturated rings. The van der Waals surface area contributed by atoms with Crippen molar-refractivity contribution in [2.24, 2.45) is 4.99 Å². The molecule has 1 heterocycles. The van der Waals surface area contributed by atoms with Crippen molar-refractivity contribution < 1.29 is 27.5 Å². The van der Waals surface area contributed by atoms with Crippen molar-refractivity contribution in [1.29, 1.82) is 0 Å². The van der Waals surface area contributed by atoms with Crippen LogP contribution < -0.4 is 15.4 Å². The first-order valence-corrected chi connectivity index (χ1v) is 9.19. The molecule has 1 aromatic heterocycles. The number of rotatable bonds is 8. The first-order valence-electron chi connectivity index (χ1n) is 9.19. The van der Waals surface area contributed by atoms with E-state index in [1.165, 1.54) is 12.1 Å². The summed E-state index contributed by atoms with van der Waals surface area (Å²) in [5.74, 6) is 0.993. The van der Waals surface area contributed by atoms with Crippen LogP contribution in [0, 0.1) is 0 Å². The predicted octanol–water partition coefficient (Wildman–Crippen LogP) is 3.49. The fourth-order valence-corrected chi connectivity index (χ4v) is 2.38. The summed E-state index contributed by atoms with van der Waals surface area (Å²) in [7, 11) is 0. The highest BCUT2D eigenvalue weighted by atomic mass is 19.4. The zero-order chi connectivity index (χ0) is 21.4. The van der Waals surface area contributed by atoms with Gasteiger partial charge in [-0.1, -0.05) is 31.1 Å². The Balaban J connectivity index is 1.92. The Morgan fingerprint density at radius 1 is 1.24 bits per heavy atom. The molecule has 0 radical (unpaired) electrons. The lowest BCUT2D eigenvalue weighted by Gasteiger charge is -2.16. The Kier molecular flexibility index (Phi) is 7.89. The van der Waals surface area contributed by atoms with Gasteiger partial charge in [0.15, 0.2) is 11.7 Å². The SMILES string of the molecule is CCNC(=NCc1cc(C(C)C)no1)NCC(O)c1ccc(OC(F)(F)F)cc1. The van der Waals surface area contributed by atoms with Gasteiger partial charge in [0.25, 0.3) is 0 Å². The van der Waals surface area contributed by atoms with Crippen molar-refractivity contribution in [3.05, 3.63) is 47.3 Å². The van der Waals surface area contributed by atoms with Gasteiger partial charge in [0.05, 0.1) is 11.8 Å². The van der Waals surface area contributed by atoms with Crippen LogP contribution in [0.5, 0.6) is 5.75 Å². The molecule has 160 valence electrons. The molecule has 0 aliphatic rings. The largest absolute Gasteiger partial charge is 0.573 e. The van der Waals surface area contributed by atoms with E-state index in [2.05, 4.69) is 25.5 Å². The van der Waals surface area contributed by atoms with Crippen LogP contribution in [0.25, 0.3) is 0 Å². The van der Waals surface area contributed by atoms with Crippen molar-refractivity contribution in [3.63, 3.8) is 0 Å². The minimum Gasteiger partial charge on any atom is -0.406 e. The van der Waals surface area contributed by atoms with Gasteiger partial charge in [0.2, 0.25) is 0 Å². The smallest absolute Gasteiger partial charge is 0.406 e. The Morgan fingerprint density at radius 2 is 1.93 bits per heavy atom. The molecule has 0 spiro atoms. The first-order chi connectivity index (χ1) is 13.7. The molecular weight excluding hydrogens is 389 g/mol. The number of ether oxygens (including phenoxy) is 1. The van der Waals surface area contributed by atoms with Crippen LogP contribution in [0.4, 0.5) is 13.2 Å². The lowest BCUT2D eigenvalue weighted by atomic mass is 10.1. The number of nitrogens with zero attached hydrogens (tertiary/aromatic N) is 2. The van der Waals surface area contributed by atoms with E-state index in [0.29, 0.717) is 23.8 Å². The molecule has 2 rings (SSSR count). The molecule has 1 aromatic carbocycles. The van der Waals surface area contributed by atoms with Gasteiger partial charge in [0.1, 0.15) is 12.3 Å². The number of guanidine groups is 1. The number of nitrogens with one attached hydrogen (secondary N) is 2. The number of aliphatic hydroxyl groups excluding tert-OH is 1. The molecule has 3 N–H and O–H groups in total. The Hall–Kier alpha value is -2.75. The quantitative estimate of drug-likeness (QED) is 0.453. The molecule has 0 aliphatic carbocycles. The fourth-order valence-electron chi connectivity index (χ4n) is 2.38. The maximum Gasteiger partial charge on any atom is 0.573 e. The lowest BCUT2D eigenvalue weighted by molar-refractivity contribution is -0.274. The molecule has 2 aromatic rings. The van der Waals surface area contributed by atoms with E-state index in [-0.39, 0.29) is 24.8 Å². The standard InChI is InChI=1S/C19H25F3N4O3/c1-4-23-18(24-10-15-9-16(12(2)3)26-29-15)25-11-17(27)13-5-7-14(8-6-13)28-19(20,21)22/h5-9,12,17,27H,4,10-11H2,1-3H3,(H2,23,24,25). The molecule has 29 heavy (non-hydrogen) atoms. The van der Waals surface area contributed by atoms with Crippen molar-refractivity contribution in [2.45, 2.75) is 45.7 Å². The number of hydrogen-bond donors (Lipinski definition) is 3. The molecule has 0 aliphatic heterocycles. The maximum absolute atomic E-state index is 12.2. The zero-order valence-corrected chi connectivity index (χ0v) is 16.5. The van der Waals surface area contributed by atoms with Crippen molar-refractivity contribution in [3.8, 4) is 5.75 Å². The third-order valence-corrected chi connectivity index (χ3v) is 3.87. The van der Waals surface area contributed by atoms with Gasteiger partial charge >= 0.3 is 6.36 Å². The Morgan fingerprint density at radius 3 is 2.48 bits per heavy atom. The van der Waals surface area contributed by atoms with Gasteiger partial charge in [-0.3, -0.25) is 0 Å². The lowest BCUT2D eigenvalue weighted by Crippen LogP contribution is -2.39. The predicted molar refractivity (Wildman–Crippen MR) is 101 cm³/mol. The molecule has 1 atom stereocenters. The second kappa shape index (κ2) is 10.1. The summed E-state index contributed by atoms with van der Waals surface area (Å²) in [5, 5.41) is 20.3. The number of alkyl halides is 3. The number of aliphatic imine (C=N–C) groups is 1. The zero-order valence-electron chi connectivity index (χ0n) is 16.5. The molecule has 0 bridgehead atoms. The number of benzene rings is 1. The summed E-state index contributed by atoms with van der Waals surface area (Å²) < 4.78 is 45.7. The maximum atomic E-state index is 12.2. The van der Waals surface area contributed by atoms with Crippen LogP contribution >= 0.6 is 0 Å². The molecule has 0 saturated carbocycles. The average Bonchev–Trinajstić information content (AvgIpc) is 3.12. The molecular formula is C19H25F3N4O3. The fraction of sp³-hybridized carbons (Fsp3) is 0.474. The van der Waals surface area contributed by atoms with E-state index in [0.717, 1.165) is 17.8 Å². The van der Waals surface area contributed by atoms with Gasteiger partial charge in [-0.15, -0.1) is 13.2 Å². The highest BCUT2D eigenvalue weighted by Crippen LogP contribution is 2.24. The van der Waals surface area contributed by atoms with E-state index in [1.807, 2.05) is 26.8 Å². The summed E-state index contributed by atoms with van der Waals surface area (Å²) in [5.41, 5.74) is 1.29. The van der Waals surface area contributed by atoms with Crippen LogP contribution in [-0.4, -0.2) is 35.7 Å². The molecule has 0 amide bonds. The Labute approximate surface area is 167 Å². The number of halogens is 3. The van der Waals surface area contributed by atoms with Gasteiger partial charge in [-0.25, -0.2) is 4.99 Å². The van der Waals surface area contributed by atoms with Crippen LogP contribution in [0.1, 0.15) is 49.8 Å². The Bertz CT molecular complexity index is 789. The van der Waals surface area contributed by atoms with E-state index in [1.54, 1.807) is 0 Å². The third kappa shape index (κ3) is 7.65. The number of aromatic nitrogens is 1. The molecule has 0 saturated heterocycles. The summed E-state index contributed by atoms with van der Waals surface area (Å²) >= 11 is 0. The van der Waals surface area contributed by atoms with Gasteiger partial charge < -0.3 is 25.0 Å². The van der Waals surface area contributed by atoms with Gasteiger partial charge in [-0.05, 0) is 30.5 Å². The average molecular weight is 414 g/mol. The van der Waals surface area contributed by atoms with Crippen LogP contribution in [-0.2, 0) is 6.54 Å². The second-order valence-corrected chi connectivity index (χ2v) is 6.58. The molecule has 1 unspecified atom stereocenters. The van der Waals surface area contributed by atoms with E-state index in [4.69, 9.17) is 4.52 Å². The summed E-state index contributed by atoms with van der Waals surface area (Å²) in [6, 6.07) is 6.90. The molecule has 7 nitrogen and oxygen atoms in total. The monoisotopic (exact) mass is 414 g/mol. The normalized spacial score (nSPS) is 13.4. The van der Waals surface area contributed by atoms with Crippen molar-refractivity contribution in [1.82, 2.24) is 15.8 Å². The second-order valence-electron chi connectivity index (χ2n) is 6.58. The summed E-state index contributed by atoms with van der Waals surface area (Å²) in [4.78, 5) is 4.38. The van der Waals surface area contributed by atoms with Crippen molar-refractivity contribution in [2.75, 3.05) is 13.1 Å². The van der Waals surface area contributed by atoms with E-state index >= 15 is 0 Å². The first kappa shape index (κ1) is 22.5. The van der Waals surface area contributed by atoms with E-state index < -0.39 is 12.5 Å². The topological polar surface area (TPSA) is 91.9 Å². The number of aliphatic hydroxyl groups is 1. The van der Waals surface area contributed by atoms with Crippen LogP contribution in [0.3, 0.4) is 0 Å². The van der Waals surface area contributed by atoms with Gasteiger partial charge in [-0.2, -0.15) is 0 Å². The minimum absolute atomic E-state index is 0.110. The highest BCUT2D eigenvalue weighted by molar-refractivity contribution is 5.79. The summed E-state index contributed by atoms with van der Waals surface area (Å²) in [6.45, 7) is 6.92. The van der Waals surface area contributed by atoms with Crippen molar-refractivity contribution >= 4 is 5.96 Å². The third-order valence-electron chi connectivity index (χ3n) is 3.87. The highest BCUT2D eigenvalue weighted by Gasteiger charge is 2.31. The minimum atomic E-state index is -4.75. The summed E-state index contributed by atoms with van der Waals surface area (Å²) in [6.07, 6.45) is -5.70. The van der Waals surface area contributed by atoms with E-state index in [9.17, 15) is 18.3 Å². The van der Waals surface area contributed by atoms with Gasteiger partial charge in [0, 0.05) is 19.2 Å². The van der Waals surface area contributed by atoms with Crippen LogP contribution in [0.15, 0.2) is 39.8 Å². The number of hydrogen-bond acceptors (Lipinski definition) is 5. The van der Waals surface area contributed by atoms with Crippen LogP contribution in [0.2, 0.25) is 0 Å². The molecule has 10 heteroatoms.